The van der Waals surface area contributed by atoms with E-state index in [1.807, 2.05) is 12.1 Å². The van der Waals surface area contributed by atoms with Crippen LogP contribution in [-0.2, 0) is 6.42 Å². The Hall–Kier alpha value is -0.760. The van der Waals surface area contributed by atoms with Gasteiger partial charge >= 0.3 is 0 Å². The van der Waals surface area contributed by atoms with Crippen LogP contribution in [0.5, 0.6) is 0 Å². The molecule has 1 aromatic rings. The van der Waals surface area contributed by atoms with Gasteiger partial charge in [0.1, 0.15) is 5.76 Å². The average Bonchev–Trinajstić information content (AvgIpc) is 2.76. The zero-order valence-electron chi connectivity index (χ0n) is 10.5. The summed E-state index contributed by atoms with van der Waals surface area (Å²) in [4.78, 5) is 0. The quantitative estimate of drug-likeness (QED) is 0.645. The van der Waals surface area contributed by atoms with Crippen LogP contribution < -0.4 is 5.73 Å². The van der Waals surface area contributed by atoms with Gasteiger partial charge in [-0.2, -0.15) is 0 Å². The molecule has 0 radical (unpaired) electrons. The highest BCUT2D eigenvalue weighted by Crippen LogP contribution is 2.11. The minimum absolute atomic E-state index is 0.261. The maximum Gasteiger partial charge on any atom is 0.105 e. The zero-order chi connectivity index (χ0) is 11.6. The van der Waals surface area contributed by atoms with E-state index in [0.29, 0.717) is 0 Å². The van der Waals surface area contributed by atoms with Crippen LogP contribution in [0.15, 0.2) is 22.8 Å². The van der Waals surface area contributed by atoms with Crippen LogP contribution in [0, 0.1) is 0 Å². The number of hydrogen-bond donors (Lipinski definition) is 1. The number of hydrogen-bond acceptors (Lipinski definition) is 2. The van der Waals surface area contributed by atoms with Crippen molar-refractivity contribution in [3.8, 4) is 0 Å². The van der Waals surface area contributed by atoms with E-state index in [-0.39, 0.29) is 6.04 Å². The molecule has 2 N–H and O–H groups in total. The molecule has 1 atom stereocenters. The molecule has 0 aliphatic carbocycles. The molecule has 0 amide bonds. The van der Waals surface area contributed by atoms with Gasteiger partial charge in [-0.25, -0.2) is 0 Å². The van der Waals surface area contributed by atoms with Crippen LogP contribution in [0.1, 0.15) is 57.6 Å². The van der Waals surface area contributed by atoms with E-state index >= 15 is 0 Å². The van der Waals surface area contributed by atoms with Crippen molar-refractivity contribution >= 4 is 0 Å². The summed E-state index contributed by atoms with van der Waals surface area (Å²) in [5.41, 5.74) is 6.05. The third-order valence-electron chi connectivity index (χ3n) is 2.97. The third kappa shape index (κ3) is 5.96. The molecule has 1 aromatic heterocycles. The summed E-state index contributed by atoms with van der Waals surface area (Å²) < 4.78 is 5.28. The second-order valence-electron chi connectivity index (χ2n) is 4.60. The second kappa shape index (κ2) is 8.40. The smallest absolute Gasteiger partial charge is 0.105 e. The summed E-state index contributed by atoms with van der Waals surface area (Å²) >= 11 is 0. The van der Waals surface area contributed by atoms with E-state index in [1.165, 1.54) is 38.5 Å². The Balaban J connectivity index is 1.96. The summed E-state index contributed by atoms with van der Waals surface area (Å²) in [7, 11) is 0. The van der Waals surface area contributed by atoms with Gasteiger partial charge in [0.05, 0.1) is 6.26 Å². The van der Waals surface area contributed by atoms with Gasteiger partial charge in [0.25, 0.3) is 0 Å². The number of rotatable bonds is 9. The topological polar surface area (TPSA) is 39.2 Å². The first-order chi connectivity index (χ1) is 7.83. The lowest BCUT2D eigenvalue weighted by Crippen LogP contribution is -2.22. The average molecular weight is 223 g/mol. The summed E-state index contributed by atoms with van der Waals surface area (Å²) in [5, 5.41) is 0. The van der Waals surface area contributed by atoms with Gasteiger partial charge in [0, 0.05) is 12.5 Å². The molecule has 16 heavy (non-hydrogen) atoms. The SMILES string of the molecule is CCCCCCCCC(N)Cc1ccco1. The predicted molar refractivity (Wildman–Crippen MR) is 68.4 cm³/mol. The molecule has 1 unspecified atom stereocenters. The molecule has 1 rings (SSSR count). The molecule has 0 saturated carbocycles. The summed E-state index contributed by atoms with van der Waals surface area (Å²) in [6, 6.07) is 4.19. The molecule has 2 nitrogen and oxygen atoms in total. The van der Waals surface area contributed by atoms with E-state index in [4.69, 9.17) is 10.2 Å². The first kappa shape index (κ1) is 13.3. The lowest BCUT2D eigenvalue weighted by Gasteiger charge is -2.09. The molecular formula is C14H25NO. The van der Waals surface area contributed by atoms with Crippen molar-refractivity contribution in [1.82, 2.24) is 0 Å². The molecule has 0 aliphatic heterocycles. The first-order valence-electron chi connectivity index (χ1n) is 6.61. The van der Waals surface area contributed by atoms with Gasteiger partial charge in [0.2, 0.25) is 0 Å². The van der Waals surface area contributed by atoms with Crippen LogP contribution in [0.25, 0.3) is 0 Å². The fourth-order valence-corrected chi connectivity index (χ4v) is 1.98. The lowest BCUT2D eigenvalue weighted by molar-refractivity contribution is 0.462. The van der Waals surface area contributed by atoms with Crippen molar-refractivity contribution in [2.75, 3.05) is 0 Å². The maximum atomic E-state index is 6.05. The van der Waals surface area contributed by atoms with Gasteiger partial charge in [-0.1, -0.05) is 45.4 Å². The van der Waals surface area contributed by atoms with E-state index in [0.717, 1.165) is 18.6 Å². The number of nitrogens with two attached hydrogens (primary N) is 1. The largest absolute Gasteiger partial charge is 0.469 e. The standard InChI is InChI=1S/C14H25NO/c1-2-3-4-5-6-7-9-13(15)12-14-10-8-11-16-14/h8,10-11,13H,2-7,9,12,15H2,1H3. The number of unbranched alkanes of at least 4 members (excludes halogenated alkanes) is 5. The highest BCUT2D eigenvalue weighted by Gasteiger charge is 2.05. The Morgan fingerprint density at radius 3 is 2.62 bits per heavy atom. The van der Waals surface area contributed by atoms with Crippen LogP contribution in [-0.4, -0.2) is 6.04 Å². The fourth-order valence-electron chi connectivity index (χ4n) is 1.98. The minimum Gasteiger partial charge on any atom is -0.469 e. The van der Waals surface area contributed by atoms with Gasteiger partial charge in [-0.05, 0) is 18.6 Å². The molecule has 0 aromatic carbocycles. The van der Waals surface area contributed by atoms with Crippen LogP contribution >= 0.6 is 0 Å². The van der Waals surface area contributed by atoms with Gasteiger partial charge in [0.15, 0.2) is 0 Å². The molecule has 0 fully saturated rings. The third-order valence-corrected chi connectivity index (χ3v) is 2.97. The van der Waals surface area contributed by atoms with E-state index in [1.54, 1.807) is 6.26 Å². The Morgan fingerprint density at radius 2 is 1.94 bits per heavy atom. The Morgan fingerprint density at radius 1 is 1.19 bits per heavy atom. The van der Waals surface area contributed by atoms with Crippen molar-refractivity contribution in [2.45, 2.75) is 64.3 Å². The van der Waals surface area contributed by atoms with Crippen LogP contribution in [0.4, 0.5) is 0 Å². The second-order valence-corrected chi connectivity index (χ2v) is 4.60. The first-order valence-corrected chi connectivity index (χ1v) is 6.61. The lowest BCUT2D eigenvalue weighted by atomic mass is 10.0. The van der Waals surface area contributed by atoms with Crippen LogP contribution in [0.3, 0.4) is 0 Å². The molecule has 92 valence electrons. The highest BCUT2D eigenvalue weighted by molar-refractivity contribution is 4.99. The maximum absolute atomic E-state index is 6.05. The van der Waals surface area contributed by atoms with E-state index < -0.39 is 0 Å². The monoisotopic (exact) mass is 223 g/mol. The molecule has 0 saturated heterocycles. The normalized spacial score (nSPS) is 12.9. The summed E-state index contributed by atoms with van der Waals surface area (Å²) in [5.74, 6) is 1.01. The summed E-state index contributed by atoms with van der Waals surface area (Å²) in [6.07, 6.45) is 11.7. The number of furan rings is 1. The molecule has 1 heterocycles. The van der Waals surface area contributed by atoms with E-state index in [9.17, 15) is 0 Å². The van der Waals surface area contributed by atoms with Gasteiger partial charge in [-0.3, -0.25) is 0 Å². The molecule has 0 spiro atoms. The predicted octanol–water partition coefficient (Wildman–Crippen LogP) is 3.90. The Kier molecular flexibility index (Phi) is 6.98. The van der Waals surface area contributed by atoms with Crippen molar-refractivity contribution in [1.29, 1.82) is 0 Å². The fraction of sp³-hybridized carbons (Fsp3) is 0.714. The van der Waals surface area contributed by atoms with Gasteiger partial charge < -0.3 is 10.2 Å². The molecule has 2 heteroatoms. The van der Waals surface area contributed by atoms with Crippen molar-refractivity contribution < 1.29 is 4.42 Å². The minimum atomic E-state index is 0.261. The molecular weight excluding hydrogens is 198 g/mol. The van der Waals surface area contributed by atoms with Crippen molar-refractivity contribution in [3.63, 3.8) is 0 Å². The molecule has 0 bridgehead atoms. The zero-order valence-corrected chi connectivity index (χ0v) is 10.5. The van der Waals surface area contributed by atoms with Gasteiger partial charge in [-0.15, -0.1) is 0 Å². The Labute approximate surface area is 99.2 Å². The summed E-state index contributed by atoms with van der Waals surface area (Å²) in [6.45, 7) is 2.25. The van der Waals surface area contributed by atoms with E-state index in [2.05, 4.69) is 6.92 Å². The van der Waals surface area contributed by atoms with Crippen molar-refractivity contribution in [2.24, 2.45) is 5.73 Å². The van der Waals surface area contributed by atoms with Crippen LogP contribution in [0.2, 0.25) is 0 Å². The van der Waals surface area contributed by atoms with Crippen molar-refractivity contribution in [3.05, 3.63) is 24.2 Å². The highest BCUT2D eigenvalue weighted by atomic mass is 16.3. The molecule has 0 aliphatic rings. The Bertz CT molecular complexity index is 243.